The number of hydrogen-bond donors (Lipinski definition) is 2. The smallest absolute Gasteiger partial charge is 0.411 e. The summed E-state index contributed by atoms with van der Waals surface area (Å²) in [6.07, 6.45) is 1.86. The highest BCUT2D eigenvalue weighted by Gasteiger charge is 2.49. The highest BCUT2D eigenvalue weighted by atomic mass is 35.5. The predicted octanol–water partition coefficient (Wildman–Crippen LogP) is 3.69. The number of benzene rings is 3. The normalized spacial score (nSPS) is 16.1. The van der Waals surface area contributed by atoms with E-state index in [1.54, 1.807) is 73.8 Å². The summed E-state index contributed by atoms with van der Waals surface area (Å²) in [7, 11) is 3.45. The third-order valence-electron chi connectivity index (χ3n) is 8.35. The molecule has 4 aromatic rings. The molecule has 54 heavy (non-hydrogen) atoms. The number of aromatic nitrogens is 1. The SMILES string of the molecule is C[C@@H](c1nc(-c2ccc(C#N)cc2)cs1)[C@](O)(C[N+]1(CCOC(=O)Nc2cccc(Cl)c2COC(=O)CN(C)C)C=NC=N1)c1ccc(F)cc1F.Cl.[Cl-]. The number of thiazole rings is 1. The molecule has 2 N–H and O–H groups in total. The second-order valence-electron chi connectivity index (χ2n) is 12.3. The highest BCUT2D eigenvalue weighted by Crippen LogP contribution is 2.42. The molecule has 1 amide bonds. The van der Waals surface area contributed by atoms with Crippen LogP contribution in [0.3, 0.4) is 0 Å². The van der Waals surface area contributed by atoms with Gasteiger partial charge in [-0.1, -0.05) is 47.9 Å². The quantitative estimate of drug-likeness (QED) is 0.145. The van der Waals surface area contributed by atoms with Crippen LogP contribution in [-0.4, -0.2) is 84.7 Å². The molecule has 12 nitrogen and oxygen atoms in total. The van der Waals surface area contributed by atoms with E-state index in [1.165, 1.54) is 30.1 Å². The van der Waals surface area contributed by atoms with Gasteiger partial charge in [0.1, 0.15) is 37.9 Å². The Balaban J connectivity index is 0.00000392. The van der Waals surface area contributed by atoms with Crippen LogP contribution in [0.4, 0.5) is 19.3 Å². The van der Waals surface area contributed by atoms with Gasteiger partial charge in [-0.05, 0) is 44.4 Å². The highest BCUT2D eigenvalue weighted by molar-refractivity contribution is 7.10. The van der Waals surface area contributed by atoms with Gasteiger partial charge in [0.15, 0.2) is 11.9 Å². The third-order valence-corrected chi connectivity index (χ3v) is 9.73. The van der Waals surface area contributed by atoms with Crippen molar-refractivity contribution in [3.63, 3.8) is 0 Å². The first-order valence-electron chi connectivity index (χ1n) is 15.9. The van der Waals surface area contributed by atoms with E-state index < -0.39 is 39.8 Å². The lowest BCUT2D eigenvalue weighted by Gasteiger charge is -2.38. The van der Waals surface area contributed by atoms with Crippen molar-refractivity contribution in [1.29, 1.82) is 5.26 Å². The van der Waals surface area contributed by atoms with Crippen molar-refractivity contribution in [2.24, 2.45) is 10.1 Å². The number of quaternary nitrogens is 1. The number of nitrogens with zero attached hydrogens (tertiary/aromatic N) is 6. The molecule has 0 radical (unpaired) electrons. The number of nitrogens with one attached hydrogen (secondary N) is 1. The lowest BCUT2D eigenvalue weighted by molar-refractivity contribution is -0.848. The number of ether oxygens (including phenoxy) is 2. The first-order chi connectivity index (χ1) is 24.8. The average Bonchev–Trinajstić information content (AvgIpc) is 3.78. The Bertz CT molecular complexity index is 2030. The Morgan fingerprint density at radius 2 is 1.89 bits per heavy atom. The van der Waals surface area contributed by atoms with Crippen molar-refractivity contribution < 1.29 is 49.9 Å². The zero-order valence-electron chi connectivity index (χ0n) is 29.2. The Morgan fingerprint density at radius 3 is 2.54 bits per heavy atom. The molecular formula is C36H36Cl3F2N7O5S. The Morgan fingerprint density at radius 1 is 1.15 bits per heavy atom. The molecule has 1 aromatic heterocycles. The maximum Gasteiger partial charge on any atom is 0.411 e. The molecule has 2 heterocycles. The van der Waals surface area contributed by atoms with Crippen LogP contribution in [0, 0.1) is 23.0 Å². The number of esters is 1. The Hall–Kier alpha value is -4.53. The summed E-state index contributed by atoms with van der Waals surface area (Å²) in [5.41, 5.74) is 0.282. The van der Waals surface area contributed by atoms with Crippen LogP contribution in [0.15, 0.2) is 76.1 Å². The lowest BCUT2D eigenvalue weighted by Crippen LogP contribution is -3.00. The summed E-state index contributed by atoms with van der Waals surface area (Å²) in [5.74, 6) is -3.10. The summed E-state index contributed by atoms with van der Waals surface area (Å²) < 4.78 is 40.0. The molecule has 0 aliphatic carbocycles. The number of aliphatic imine (C=N–C) groups is 1. The van der Waals surface area contributed by atoms with Crippen molar-refractivity contribution in [3.8, 4) is 17.3 Å². The number of carbonyl (C=O) groups excluding carboxylic acids is 2. The van der Waals surface area contributed by atoms with E-state index in [-0.39, 0.29) is 73.9 Å². The van der Waals surface area contributed by atoms with E-state index in [2.05, 4.69) is 21.5 Å². The van der Waals surface area contributed by atoms with Gasteiger partial charge in [0.2, 0.25) is 6.34 Å². The standard InChI is InChI=1S/C36H34ClF2N7O5S.2ClH/c1-23(34-43-32(19-52-34)25-9-7-24(16-40)8-10-25)36(49,28-12-11-26(38)15-30(28)39)20-46(22-41-21-42-46)13-14-50-35(48)44-31-6-4-5-29(37)27(31)18-51-33(47)17-45(2)3;;/h4-12,15,19,21-23,49H,13-14,17-18,20H2,1-3H3;2*1H/t23-,36+,46?;;/m0../s1. The fourth-order valence-corrected chi connectivity index (χ4v) is 6.77. The molecule has 0 saturated heterocycles. The van der Waals surface area contributed by atoms with Gasteiger partial charge in [0, 0.05) is 39.1 Å². The van der Waals surface area contributed by atoms with E-state index in [1.807, 2.05) is 0 Å². The van der Waals surface area contributed by atoms with Crippen molar-refractivity contribution in [2.75, 3.05) is 45.7 Å². The number of nitriles is 1. The van der Waals surface area contributed by atoms with Crippen molar-refractivity contribution >= 4 is 65.8 Å². The number of carbonyl (C=O) groups is 2. The monoisotopic (exact) mass is 821 g/mol. The van der Waals surface area contributed by atoms with E-state index in [4.69, 9.17) is 31.3 Å². The molecule has 1 aliphatic rings. The van der Waals surface area contributed by atoms with Crippen molar-refractivity contribution in [1.82, 2.24) is 9.88 Å². The van der Waals surface area contributed by atoms with Crippen LogP contribution >= 0.6 is 35.3 Å². The van der Waals surface area contributed by atoms with Crippen LogP contribution < -0.4 is 17.7 Å². The van der Waals surface area contributed by atoms with Gasteiger partial charge in [-0.3, -0.25) is 15.0 Å². The minimum absolute atomic E-state index is 0. The summed E-state index contributed by atoms with van der Waals surface area (Å²) in [4.78, 5) is 35.5. The predicted molar refractivity (Wildman–Crippen MR) is 200 cm³/mol. The number of anilines is 1. The Labute approximate surface area is 332 Å². The largest absolute Gasteiger partial charge is 1.00 e. The average molecular weight is 823 g/mol. The molecule has 1 unspecified atom stereocenters. The van der Waals surface area contributed by atoms with Crippen molar-refractivity contribution in [3.05, 3.63) is 104 Å². The summed E-state index contributed by atoms with van der Waals surface area (Å²) >= 11 is 7.60. The van der Waals surface area contributed by atoms with Gasteiger partial charge in [-0.25, -0.2) is 18.6 Å². The van der Waals surface area contributed by atoms with Gasteiger partial charge in [0.25, 0.3) is 0 Å². The molecule has 1 aliphatic heterocycles. The van der Waals surface area contributed by atoms with E-state index in [0.29, 0.717) is 27.9 Å². The zero-order valence-corrected chi connectivity index (χ0v) is 32.4. The van der Waals surface area contributed by atoms with Crippen LogP contribution in [0.5, 0.6) is 0 Å². The molecule has 0 bridgehead atoms. The molecule has 3 aromatic carbocycles. The minimum atomic E-state index is -2.02. The van der Waals surface area contributed by atoms with Crippen LogP contribution in [0.2, 0.25) is 5.02 Å². The summed E-state index contributed by atoms with van der Waals surface area (Å²) in [5, 5.41) is 31.2. The minimum Gasteiger partial charge on any atom is -1.00 e. The second-order valence-corrected chi connectivity index (χ2v) is 13.6. The van der Waals surface area contributed by atoms with E-state index in [0.717, 1.165) is 11.6 Å². The first-order valence-corrected chi connectivity index (χ1v) is 17.2. The topological polar surface area (TPSA) is 150 Å². The fourth-order valence-electron chi connectivity index (χ4n) is 5.57. The van der Waals surface area contributed by atoms with Gasteiger partial charge >= 0.3 is 12.1 Å². The Kier molecular flexibility index (Phi) is 15.6. The van der Waals surface area contributed by atoms with Gasteiger partial charge < -0.3 is 27.0 Å². The lowest BCUT2D eigenvalue weighted by atomic mass is 9.81. The molecule has 286 valence electrons. The van der Waals surface area contributed by atoms with Crippen LogP contribution in [0.25, 0.3) is 11.3 Å². The van der Waals surface area contributed by atoms with Gasteiger partial charge in [0.05, 0.1) is 34.6 Å². The maximum atomic E-state index is 15.5. The maximum absolute atomic E-state index is 15.5. The van der Waals surface area contributed by atoms with E-state index in [9.17, 15) is 19.1 Å². The molecule has 3 atom stereocenters. The van der Waals surface area contributed by atoms with Crippen LogP contribution in [-0.2, 0) is 26.5 Å². The summed E-state index contributed by atoms with van der Waals surface area (Å²) in [6, 6.07) is 16.7. The molecule has 5 rings (SSSR count). The zero-order chi connectivity index (χ0) is 37.5. The van der Waals surface area contributed by atoms with Crippen LogP contribution in [0.1, 0.15) is 34.5 Å². The second kappa shape index (κ2) is 19.2. The number of hydrogen-bond acceptors (Lipinski definition) is 11. The number of aliphatic hydroxyl groups is 1. The number of amides is 1. The van der Waals surface area contributed by atoms with Gasteiger partial charge in [-0.2, -0.15) is 10.3 Å². The summed E-state index contributed by atoms with van der Waals surface area (Å²) in [6.45, 7) is 1.03. The molecular weight excluding hydrogens is 787 g/mol. The molecule has 0 saturated carbocycles. The third kappa shape index (κ3) is 10.6. The molecule has 0 spiro atoms. The number of halogens is 5. The molecule has 18 heteroatoms. The van der Waals surface area contributed by atoms with Gasteiger partial charge in [-0.15, -0.1) is 28.3 Å². The van der Waals surface area contributed by atoms with Crippen molar-refractivity contribution in [2.45, 2.75) is 25.0 Å². The number of likely N-dealkylation sites (N-methyl/N-ethyl adjacent to an activating group) is 1. The fraction of sp³-hybridized carbons (Fsp3) is 0.278. The first kappa shape index (κ1) is 43.9. The molecule has 0 fully saturated rings. The number of rotatable bonds is 14. The van der Waals surface area contributed by atoms with E-state index >= 15 is 4.39 Å².